The molecule has 0 bridgehead atoms. The number of esters is 1. The van der Waals surface area contributed by atoms with Gasteiger partial charge in [0.15, 0.2) is 8.68 Å². The lowest BCUT2D eigenvalue weighted by molar-refractivity contribution is -0.118. The summed E-state index contributed by atoms with van der Waals surface area (Å²) in [7, 11) is 0. The predicted molar refractivity (Wildman–Crippen MR) is 139 cm³/mol. The van der Waals surface area contributed by atoms with Gasteiger partial charge in [-0.25, -0.2) is 4.79 Å². The molecule has 1 aromatic carbocycles. The number of hydrogen-bond donors (Lipinski definition) is 2. The molecule has 0 radical (unpaired) electrons. The van der Waals surface area contributed by atoms with Gasteiger partial charge in [0.25, 0.3) is 0 Å². The van der Waals surface area contributed by atoms with Crippen molar-refractivity contribution in [2.75, 3.05) is 30.0 Å². The van der Waals surface area contributed by atoms with Gasteiger partial charge in [0.1, 0.15) is 10.6 Å². The fraction of sp³-hybridized carbons (Fsp3) is 0.318. The van der Waals surface area contributed by atoms with Crippen LogP contribution in [0.25, 0.3) is 11.1 Å². The lowest BCUT2D eigenvalue weighted by Gasteiger charge is -2.08. The van der Waals surface area contributed by atoms with Crippen molar-refractivity contribution in [2.24, 2.45) is 0 Å². The zero-order valence-corrected chi connectivity index (χ0v) is 21.9. The van der Waals surface area contributed by atoms with Crippen LogP contribution >= 0.6 is 46.2 Å². The lowest BCUT2D eigenvalue weighted by Crippen LogP contribution is -2.25. The normalized spacial score (nSPS) is 10.6. The fourth-order valence-corrected chi connectivity index (χ4v) is 6.36. The van der Waals surface area contributed by atoms with Crippen LogP contribution in [0.3, 0.4) is 0 Å². The van der Waals surface area contributed by atoms with E-state index in [1.165, 1.54) is 46.2 Å². The molecule has 0 aliphatic carbocycles. The van der Waals surface area contributed by atoms with E-state index in [1.807, 2.05) is 42.6 Å². The topological polar surface area (TPSA) is 110 Å². The molecular weight excluding hydrogens is 513 g/mol. The summed E-state index contributed by atoms with van der Waals surface area (Å²) in [6.45, 7) is 4.63. The molecule has 3 rings (SSSR count). The van der Waals surface area contributed by atoms with E-state index < -0.39 is 5.97 Å². The van der Waals surface area contributed by atoms with Crippen molar-refractivity contribution in [2.45, 2.75) is 28.9 Å². The molecule has 2 amide bonds. The van der Waals surface area contributed by atoms with Gasteiger partial charge in [0, 0.05) is 17.5 Å². The van der Waals surface area contributed by atoms with Gasteiger partial charge >= 0.3 is 5.97 Å². The summed E-state index contributed by atoms with van der Waals surface area (Å²) in [5.41, 5.74) is 1.95. The molecule has 12 heteroatoms. The first-order valence-electron chi connectivity index (χ1n) is 10.5. The number of benzene rings is 1. The molecule has 8 nitrogen and oxygen atoms in total. The van der Waals surface area contributed by atoms with Gasteiger partial charge in [-0.05, 0) is 18.9 Å². The van der Waals surface area contributed by atoms with Gasteiger partial charge in [-0.2, -0.15) is 0 Å². The van der Waals surface area contributed by atoms with E-state index in [9.17, 15) is 14.4 Å². The molecule has 2 N–H and O–H groups in total. The third-order valence-corrected chi connectivity index (χ3v) is 8.31. The maximum atomic E-state index is 12.6. The molecule has 0 atom stereocenters. The van der Waals surface area contributed by atoms with Crippen molar-refractivity contribution in [1.29, 1.82) is 0 Å². The number of ether oxygens (including phenoxy) is 1. The Balaban J connectivity index is 1.59. The monoisotopic (exact) mass is 536 g/mol. The molecule has 0 saturated heterocycles. The van der Waals surface area contributed by atoms with Crippen LogP contribution < -0.4 is 10.6 Å². The average Bonchev–Trinajstić information content (AvgIpc) is 3.48. The van der Waals surface area contributed by atoms with Crippen molar-refractivity contribution in [3.63, 3.8) is 0 Å². The summed E-state index contributed by atoms with van der Waals surface area (Å²) >= 11 is 5.19. The first kappa shape index (κ1) is 26.2. The Morgan fingerprint density at radius 2 is 1.68 bits per heavy atom. The van der Waals surface area contributed by atoms with E-state index in [0.29, 0.717) is 25.8 Å². The predicted octanol–water partition coefficient (Wildman–Crippen LogP) is 4.79. The number of hydrogen-bond acceptors (Lipinski definition) is 10. The average molecular weight is 537 g/mol. The molecule has 0 unspecified atom stereocenters. The quantitative estimate of drug-likeness (QED) is 0.251. The Morgan fingerprint density at radius 3 is 2.32 bits per heavy atom. The second-order valence-electron chi connectivity index (χ2n) is 6.75. The van der Waals surface area contributed by atoms with E-state index in [1.54, 1.807) is 6.92 Å². The number of amides is 2. The second kappa shape index (κ2) is 13.5. The highest BCUT2D eigenvalue weighted by Gasteiger charge is 2.23. The molecule has 34 heavy (non-hydrogen) atoms. The highest BCUT2D eigenvalue weighted by Crippen LogP contribution is 2.36. The van der Waals surface area contributed by atoms with Crippen LogP contribution in [0.1, 0.15) is 30.6 Å². The number of rotatable bonds is 12. The summed E-state index contributed by atoms with van der Waals surface area (Å²) in [5, 5.41) is 16.1. The number of nitrogens with zero attached hydrogens (tertiary/aromatic N) is 2. The van der Waals surface area contributed by atoms with Gasteiger partial charge < -0.3 is 15.4 Å². The third-order valence-electron chi connectivity index (χ3n) is 4.22. The van der Waals surface area contributed by atoms with Crippen LogP contribution in [-0.4, -0.2) is 52.6 Å². The molecular formula is C22H24N4O4S4. The summed E-state index contributed by atoms with van der Waals surface area (Å²) in [6, 6.07) is 9.50. The molecule has 3 aromatic rings. The highest BCUT2D eigenvalue weighted by molar-refractivity contribution is 8.03. The first-order chi connectivity index (χ1) is 16.5. The van der Waals surface area contributed by atoms with Crippen LogP contribution in [-0.2, 0) is 14.3 Å². The minimum absolute atomic E-state index is 0.0427. The van der Waals surface area contributed by atoms with Crippen LogP contribution in [0.15, 0.2) is 44.4 Å². The van der Waals surface area contributed by atoms with Crippen LogP contribution in [0.2, 0.25) is 0 Å². The Bertz CT molecular complexity index is 1120. The zero-order chi connectivity index (χ0) is 24.3. The summed E-state index contributed by atoms with van der Waals surface area (Å²) < 4.78 is 6.53. The number of thioether (sulfide) groups is 2. The smallest absolute Gasteiger partial charge is 0.341 e. The van der Waals surface area contributed by atoms with Gasteiger partial charge in [-0.15, -0.1) is 21.5 Å². The molecule has 2 heterocycles. The second-order valence-corrected chi connectivity index (χ2v) is 11.1. The molecule has 0 spiro atoms. The van der Waals surface area contributed by atoms with Crippen molar-refractivity contribution < 1.29 is 19.1 Å². The van der Waals surface area contributed by atoms with Gasteiger partial charge in [-0.3, -0.25) is 9.59 Å². The van der Waals surface area contributed by atoms with E-state index in [4.69, 9.17) is 4.74 Å². The van der Waals surface area contributed by atoms with Crippen molar-refractivity contribution in [1.82, 2.24) is 15.5 Å². The highest BCUT2D eigenvalue weighted by atomic mass is 32.2. The van der Waals surface area contributed by atoms with Crippen molar-refractivity contribution in [3.05, 3.63) is 41.3 Å². The molecule has 0 aliphatic rings. The number of nitrogens with one attached hydrogen (secondary N) is 2. The van der Waals surface area contributed by atoms with Crippen LogP contribution in [0.4, 0.5) is 5.00 Å². The number of aromatic nitrogens is 2. The maximum absolute atomic E-state index is 12.6. The Labute approximate surface area is 214 Å². The summed E-state index contributed by atoms with van der Waals surface area (Å²) in [4.78, 5) is 37.0. The van der Waals surface area contributed by atoms with Gasteiger partial charge in [0.05, 0.1) is 18.1 Å². The summed E-state index contributed by atoms with van der Waals surface area (Å²) in [5.74, 6) is -0.395. The van der Waals surface area contributed by atoms with E-state index in [2.05, 4.69) is 20.8 Å². The first-order valence-corrected chi connectivity index (χ1v) is 14.2. The van der Waals surface area contributed by atoms with Gasteiger partial charge in [0.2, 0.25) is 11.8 Å². The van der Waals surface area contributed by atoms with E-state index in [-0.39, 0.29) is 29.9 Å². The number of carbonyl (C=O) groups excluding carboxylic acids is 3. The molecule has 180 valence electrons. The van der Waals surface area contributed by atoms with E-state index >= 15 is 0 Å². The molecule has 0 saturated carbocycles. The zero-order valence-electron chi connectivity index (χ0n) is 18.7. The van der Waals surface area contributed by atoms with Crippen LogP contribution in [0.5, 0.6) is 0 Å². The molecule has 0 aliphatic heterocycles. The standard InChI is InChI=1S/C22H24N4O4S4/c1-3-10-23-16(27)12-32-21-25-26-22(34-21)33-13-17(28)24-19-18(20(29)30-4-2)15(11-31-19)14-8-6-5-7-9-14/h5-9,11H,3-4,10,12-13H2,1-2H3,(H,23,27)(H,24,28). The Morgan fingerprint density at radius 1 is 1.00 bits per heavy atom. The van der Waals surface area contributed by atoms with Gasteiger partial charge in [-0.1, -0.05) is 72.1 Å². The lowest BCUT2D eigenvalue weighted by atomic mass is 10.0. The van der Waals surface area contributed by atoms with Crippen LogP contribution in [0, 0.1) is 0 Å². The molecule has 2 aromatic heterocycles. The Kier molecular flexibility index (Phi) is 10.4. The molecule has 0 fully saturated rings. The minimum Gasteiger partial charge on any atom is -0.462 e. The van der Waals surface area contributed by atoms with Crippen molar-refractivity contribution >= 4 is 69.0 Å². The fourth-order valence-electron chi connectivity index (χ4n) is 2.73. The Hall–Kier alpha value is -2.41. The van der Waals surface area contributed by atoms with Crippen molar-refractivity contribution in [3.8, 4) is 11.1 Å². The number of carbonyl (C=O) groups is 3. The number of thiophene rings is 1. The SMILES string of the molecule is CCCNC(=O)CSc1nnc(SCC(=O)Nc2scc(-c3ccccc3)c2C(=O)OCC)s1. The minimum atomic E-state index is -0.473. The third kappa shape index (κ3) is 7.55. The summed E-state index contributed by atoms with van der Waals surface area (Å²) in [6.07, 6.45) is 0.887. The largest absolute Gasteiger partial charge is 0.462 e. The maximum Gasteiger partial charge on any atom is 0.341 e. The number of anilines is 1. The van der Waals surface area contributed by atoms with E-state index in [0.717, 1.165) is 17.5 Å².